The minimum absolute atomic E-state index is 0. The number of hydrogen-bond donors (Lipinski definition) is 3. The molecular weight excluding hydrogens is 391 g/mol. The van der Waals surface area contributed by atoms with Gasteiger partial charge in [0.15, 0.2) is 5.96 Å². The molecule has 122 valence electrons. The number of carbonyl (C=O) groups excluding carboxylic acids is 1. The number of hydrogen-bond acceptors (Lipinski definition) is 2. The molecule has 0 radical (unpaired) electrons. The molecule has 0 saturated heterocycles. The zero-order valence-electron chi connectivity index (χ0n) is 13.2. The lowest BCUT2D eigenvalue weighted by Crippen LogP contribution is -2.34. The summed E-state index contributed by atoms with van der Waals surface area (Å²) in [5.74, 6) is 1.09. The first-order chi connectivity index (χ1) is 10.2. The van der Waals surface area contributed by atoms with Crippen LogP contribution in [-0.4, -0.2) is 26.0 Å². The summed E-state index contributed by atoms with van der Waals surface area (Å²) in [6, 6.07) is 7.93. The smallest absolute Gasteiger partial charge is 0.227 e. The Morgan fingerprint density at radius 1 is 1.32 bits per heavy atom. The third-order valence-corrected chi connectivity index (χ3v) is 3.84. The molecule has 0 atom stereocenters. The molecule has 0 heterocycles. The van der Waals surface area contributed by atoms with Gasteiger partial charge in [-0.2, -0.15) is 0 Å². The number of rotatable bonds is 4. The fourth-order valence-electron chi connectivity index (χ4n) is 2.66. The Bertz CT molecular complexity index is 513. The van der Waals surface area contributed by atoms with Crippen molar-refractivity contribution in [2.24, 2.45) is 10.9 Å². The van der Waals surface area contributed by atoms with Gasteiger partial charge in [0.25, 0.3) is 0 Å². The van der Waals surface area contributed by atoms with Gasteiger partial charge in [-0.15, -0.1) is 24.0 Å². The van der Waals surface area contributed by atoms with Gasteiger partial charge in [-0.25, -0.2) is 0 Å². The van der Waals surface area contributed by atoms with E-state index >= 15 is 0 Å². The standard InChI is InChI=1S/C16H24N4O.HI/c1-17-16(18-2)19-11-12-6-5-9-14(10-12)20-15(21)13-7-3-4-8-13;/h5-6,9-10,13H,3-4,7-8,11H2,1-2H3,(H,20,21)(H2,17,18,19);1H. The molecule has 1 aromatic carbocycles. The minimum atomic E-state index is 0. The summed E-state index contributed by atoms with van der Waals surface area (Å²) in [5.41, 5.74) is 1.97. The number of guanidine groups is 1. The summed E-state index contributed by atoms with van der Waals surface area (Å²) in [6.07, 6.45) is 4.38. The second-order valence-corrected chi connectivity index (χ2v) is 5.35. The highest BCUT2D eigenvalue weighted by Gasteiger charge is 2.22. The summed E-state index contributed by atoms with van der Waals surface area (Å²) >= 11 is 0. The molecule has 0 spiro atoms. The maximum absolute atomic E-state index is 12.1. The Morgan fingerprint density at radius 2 is 2.05 bits per heavy atom. The van der Waals surface area contributed by atoms with Crippen molar-refractivity contribution in [3.8, 4) is 0 Å². The van der Waals surface area contributed by atoms with Crippen molar-refractivity contribution in [3.63, 3.8) is 0 Å². The van der Waals surface area contributed by atoms with Crippen LogP contribution in [0.15, 0.2) is 29.3 Å². The van der Waals surface area contributed by atoms with E-state index in [4.69, 9.17) is 0 Å². The van der Waals surface area contributed by atoms with E-state index in [9.17, 15) is 4.79 Å². The third kappa shape index (κ3) is 5.47. The molecule has 5 nitrogen and oxygen atoms in total. The van der Waals surface area contributed by atoms with Crippen molar-refractivity contribution in [3.05, 3.63) is 29.8 Å². The van der Waals surface area contributed by atoms with Crippen molar-refractivity contribution in [1.82, 2.24) is 10.6 Å². The second kappa shape index (κ2) is 9.66. The third-order valence-electron chi connectivity index (χ3n) is 3.84. The highest BCUT2D eigenvalue weighted by atomic mass is 127. The lowest BCUT2D eigenvalue weighted by atomic mass is 10.1. The van der Waals surface area contributed by atoms with Crippen LogP contribution in [-0.2, 0) is 11.3 Å². The first kappa shape index (κ1) is 18.7. The first-order valence-electron chi connectivity index (χ1n) is 7.51. The van der Waals surface area contributed by atoms with Gasteiger partial charge >= 0.3 is 0 Å². The van der Waals surface area contributed by atoms with Crippen LogP contribution < -0.4 is 16.0 Å². The molecule has 0 aromatic heterocycles. The summed E-state index contributed by atoms with van der Waals surface area (Å²) in [7, 11) is 3.56. The summed E-state index contributed by atoms with van der Waals surface area (Å²) in [5, 5.41) is 9.20. The largest absolute Gasteiger partial charge is 0.359 e. The minimum Gasteiger partial charge on any atom is -0.359 e. The Kier molecular flexibility index (Phi) is 8.22. The number of amides is 1. The van der Waals surface area contributed by atoms with Crippen LogP contribution in [0, 0.1) is 5.92 Å². The van der Waals surface area contributed by atoms with Gasteiger partial charge < -0.3 is 16.0 Å². The second-order valence-electron chi connectivity index (χ2n) is 5.35. The van der Waals surface area contributed by atoms with Gasteiger partial charge in [0.2, 0.25) is 5.91 Å². The quantitative estimate of drug-likeness (QED) is 0.402. The van der Waals surface area contributed by atoms with Crippen LogP contribution in [0.3, 0.4) is 0 Å². The Hall–Kier alpha value is -1.31. The van der Waals surface area contributed by atoms with Crippen LogP contribution in [0.1, 0.15) is 31.2 Å². The zero-order chi connectivity index (χ0) is 15.1. The molecule has 1 aliphatic carbocycles. The van der Waals surface area contributed by atoms with Crippen molar-refractivity contribution in [2.75, 3.05) is 19.4 Å². The molecule has 1 fully saturated rings. The van der Waals surface area contributed by atoms with Crippen molar-refractivity contribution < 1.29 is 4.79 Å². The molecule has 3 N–H and O–H groups in total. The van der Waals surface area contributed by atoms with Crippen LogP contribution in [0.5, 0.6) is 0 Å². The van der Waals surface area contributed by atoms with Gasteiger partial charge in [0.1, 0.15) is 0 Å². The van der Waals surface area contributed by atoms with E-state index in [2.05, 4.69) is 20.9 Å². The van der Waals surface area contributed by atoms with E-state index in [-0.39, 0.29) is 35.8 Å². The van der Waals surface area contributed by atoms with Crippen LogP contribution in [0.4, 0.5) is 5.69 Å². The maximum atomic E-state index is 12.1. The number of nitrogens with zero attached hydrogens (tertiary/aromatic N) is 1. The van der Waals surface area contributed by atoms with Crippen LogP contribution >= 0.6 is 24.0 Å². The van der Waals surface area contributed by atoms with E-state index in [1.165, 1.54) is 12.8 Å². The number of carbonyl (C=O) groups is 1. The summed E-state index contributed by atoms with van der Waals surface area (Å²) in [6.45, 7) is 0.667. The average Bonchev–Trinajstić information content (AvgIpc) is 3.03. The molecule has 0 bridgehead atoms. The molecule has 1 saturated carbocycles. The fourth-order valence-corrected chi connectivity index (χ4v) is 2.66. The van der Waals surface area contributed by atoms with Crippen molar-refractivity contribution in [2.45, 2.75) is 32.2 Å². The Labute approximate surface area is 149 Å². The van der Waals surface area contributed by atoms with E-state index < -0.39 is 0 Å². The summed E-state index contributed by atoms with van der Waals surface area (Å²) in [4.78, 5) is 16.2. The molecule has 1 aromatic rings. The SMILES string of the molecule is CN=C(NC)NCc1cccc(NC(=O)C2CCCC2)c1.I. The van der Waals surface area contributed by atoms with Gasteiger partial charge in [-0.3, -0.25) is 9.79 Å². The number of aliphatic imine (C=N–C) groups is 1. The van der Waals surface area contributed by atoms with Gasteiger partial charge in [0.05, 0.1) is 0 Å². The van der Waals surface area contributed by atoms with Crippen molar-refractivity contribution >= 4 is 41.5 Å². The molecule has 0 unspecified atom stereocenters. The predicted octanol–water partition coefficient (Wildman–Crippen LogP) is 2.73. The molecule has 2 rings (SSSR count). The Morgan fingerprint density at radius 3 is 2.68 bits per heavy atom. The molecule has 1 aliphatic rings. The number of halogens is 1. The van der Waals surface area contributed by atoms with E-state index in [0.717, 1.165) is 30.1 Å². The number of anilines is 1. The lowest BCUT2D eigenvalue weighted by Gasteiger charge is -2.12. The normalized spacial score (nSPS) is 15.1. The van der Waals surface area contributed by atoms with E-state index in [0.29, 0.717) is 6.54 Å². The topological polar surface area (TPSA) is 65.5 Å². The number of benzene rings is 1. The maximum Gasteiger partial charge on any atom is 0.227 e. The Balaban J connectivity index is 0.00000242. The molecule has 1 amide bonds. The molecule has 0 aliphatic heterocycles. The average molecular weight is 416 g/mol. The van der Waals surface area contributed by atoms with Gasteiger partial charge in [0, 0.05) is 32.2 Å². The van der Waals surface area contributed by atoms with Gasteiger partial charge in [-0.1, -0.05) is 25.0 Å². The highest BCUT2D eigenvalue weighted by Crippen LogP contribution is 2.26. The monoisotopic (exact) mass is 416 g/mol. The molecule has 22 heavy (non-hydrogen) atoms. The van der Waals surface area contributed by atoms with E-state index in [1.807, 2.05) is 31.3 Å². The highest BCUT2D eigenvalue weighted by molar-refractivity contribution is 14.0. The van der Waals surface area contributed by atoms with E-state index in [1.54, 1.807) is 7.05 Å². The van der Waals surface area contributed by atoms with Crippen LogP contribution in [0.2, 0.25) is 0 Å². The zero-order valence-corrected chi connectivity index (χ0v) is 15.5. The van der Waals surface area contributed by atoms with Crippen LogP contribution in [0.25, 0.3) is 0 Å². The van der Waals surface area contributed by atoms with Crippen molar-refractivity contribution in [1.29, 1.82) is 0 Å². The van der Waals surface area contributed by atoms with Gasteiger partial charge in [-0.05, 0) is 30.5 Å². The lowest BCUT2D eigenvalue weighted by molar-refractivity contribution is -0.119. The molecular formula is C16H25IN4O. The predicted molar refractivity (Wildman–Crippen MR) is 102 cm³/mol. The first-order valence-corrected chi connectivity index (χ1v) is 7.51. The molecule has 6 heteroatoms. The fraction of sp³-hybridized carbons (Fsp3) is 0.500. The summed E-state index contributed by atoms with van der Waals surface area (Å²) < 4.78 is 0. The number of nitrogens with one attached hydrogen (secondary N) is 3.